The van der Waals surface area contributed by atoms with Crippen LogP contribution in [0, 0.1) is 0 Å². The molecule has 0 bridgehead atoms. The maximum atomic E-state index is 12.2. The maximum absolute atomic E-state index is 12.2. The summed E-state index contributed by atoms with van der Waals surface area (Å²) in [6, 6.07) is 7.64. The highest BCUT2D eigenvalue weighted by Crippen LogP contribution is 2.48. The van der Waals surface area contributed by atoms with Crippen LogP contribution in [0.15, 0.2) is 24.3 Å². The molecule has 0 amide bonds. The molecule has 0 radical (unpaired) electrons. The molecular formula is C9H10ClO2P. The van der Waals surface area contributed by atoms with E-state index in [1.54, 1.807) is 0 Å². The molecule has 0 spiro atoms. The highest BCUT2D eigenvalue weighted by molar-refractivity contribution is 7.72. The van der Waals surface area contributed by atoms with Crippen molar-refractivity contribution in [2.75, 3.05) is 12.0 Å². The van der Waals surface area contributed by atoms with Gasteiger partial charge < -0.3 is 9.30 Å². The molecule has 0 N–H and O–H groups in total. The third-order valence-electron chi connectivity index (χ3n) is 2.18. The van der Waals surface area contributed by atoms with Crippen molar-refractivity contribution in [3.8, 4) is 0 Å². The van der Waals surface area contributed by atoms with Crippen LogP contribution >= 0.6 is 18.7 Å². The molecule has 1 aromatic rings. The first-order chi connectivity index (χ1) is 6.26. The fourth-order valence-corrected chi connectivity index (χ4v) is 3.84. The minimum Gasteiger partial charge on any atom is -0.369 e. The van der Waals surface area contributed by atoms with Crippen LogP contribution in [0.1, 0.15) is 5.56 Å². The zero-order valence-electron chi connectivity index (χ0n) is 7.07. The smallest absolute Gasteiger partial charge is 0.154 e. The van der Waals surface area contributed by atoms with Gasteiger partial charge in [-0.25, -0.2) is 0 Å². The molecule has 1 aliphatic heterocycles. The van der Waals surface area contributed by atoms with Crippen LogP contribution in [-0.4, -0.2) is 12.0 Å². The monoisotopic (exact) mass is 216 g/mol. The van der Waals surface area contributed by atoms with Crippen LogP contribution in [0.4, 0.5) is 0 Å². The minimum atomic E-state index is -2.44. The van der Waals surface area contributed by atoms with E-state index < -0.39 is 7.14 Å². The zero-order valence-corrected chi connectivity index (χ0v) is 8.72. The Morgan fingerprint density at radius 1 is 1.46 bits per heavy atom. The molecule has 0 fully saturated rings. The third-order valence-corrected chi connectivity index (χ3v) is 5.64. The van der Waals surface area contributed by atoms with Crippen molar-refractivity contribution in [3.63, 3.8) is 0 Å². The molecule has 1 aliphatic rings. The van der Waals surface area contributed by atoms with E-state index in [4.69, 9.17) is 16.3 Å². The molecule has 1 atom stereocenters. The van der Waals surface area contributed by atoms with Crippen molar-refractivity contribution < 1.29 is 9.30 Å². The predicted octanol–water partition coefficient (Wildman–Crippen LogP) is 2.36. The SMILES string of the molecule is O=[P@]1(CCl)COCc2ccccc21. The molecule has 0 aromatic heterocycles. The molecule has 1 heterocycles. The van der Waals surface area contributed by atoms with Crippen molar-refractivity contribution in [1.29, 1.82) is 0 Å². The summed E-state index contributed by atoms with van der Waals surface area (Å²) in [5.41, 5.74) is 1.18. The van der Waals surface area contributed by atoms with Gasteiger partial charge in [-0.3, -0.25) is 0 Å². The van der Waals surface area contributed by atoms with Crippen LogP contribution in [-0.2, 0) is 15.9 Å². The Bertz CT molecular complexity index is 364. The Hall–Kier alpha value is -0.300. The van der Waals surface area contributed by atoms with Crippen LogP contribution in [0.5, 0.6) is 0 Å². The number of benzene rings is 1. The maximum Gasteiger partial charge on any atom is 0.154 e. The van der Waals surface area contributed by atoms with Gasteiger partial charge in [-0.15, -0.1) is 11.6 Å². The Morgan fingerprint density at radius 3 is 3.00 bits per heavy atom. The third kappa shape index (κ3) is 1.54. The molecular weight excluding hydrogens is 207 g/mol. The molecule has 0 unspecified atom stereocenters. The lowest BCUT2D eigenvalue weighted by Crippen LogP contribution is -2.21. The Labute approximate surface area is 82.2 Å². The number of hydrogen-bond acceptors (Lipinski definition) is 2. The normalized spacial score (nSPS) is 26.8. The van der Waals surface area contributed by atoms with E-state index >= 15 is 0 Å². The topological polar surface area (TPSA) is 26.3 Å². The molecule has 0 aliphatic carbocycles. The summed E-state index contributed by atoms with van der Waals surface area (Å²) < 4.78 is 17.4. The Balaban J connectivity index is 2.55. The number of fused-ring (bicyclic) bond motifs is 1. The minimum absolute atomic E-state index is 0.171. The van der Waals surface area contributed by atoms with Crippen molar-refractivity contribution in [3.05, 3.63) is 29.8 Å². The summed E-state index contributed by atoms with van der Waals surface area (Å²) in [5, 5.41) is 0.899. The molecule has 1 aromatic carbocycles. The predicted molar refractivity (Wildman–Crippen MR) is 54.1 cm³/mol. The van der Waals surface area contributed by atoms with Crippen LogP contribution in [0.25, 0.3) is 0 Å². The van der Waals surface area contributed by atoms with Gasteiger partial charge in [0.2, 0.25) is 0 Å². The van der Waals surface area contributed by atoms with E-state index in [1.165, 1.54) is 0 Å². The van der Waals surface area contributed by atoms with E-state index in [2.05, 4.69) is 0 Å². The molecule has 4 heteroatoms. The van der Waals surface area contributed by atoms with Gasteiger partial charge >= 0.3 is 0 Å². The van der Waals surface area contributed by atoms with Gasteiger partial charge in [0.05, 0.1) is 12.2 Å². The lowest BCUT2D eigenvalue weighted by molar-refractivity contribution is 0.159. The standard InChI is InChI=1S/C9H10ClO2P/c10-6-13(11)7-12-5-8-3-1-2-4-9(8)13/h1-4H,5-7H2/t13-/m1/s1. The van der Waals surface area contributed by atoms with Crippen LogP contribution < -0.4 is 5.30 Å². The van der Waals surface area contributed by atoms with Crippen LogP contribution in [0.3, 0.4) is 0 Å². The first kappa shape index (κ1) is 9.26. The van der Waals surface area contributed by atoms with Crippen molar-refractivity contribution >= 4 is 24.0 Å². The Morgan fingerprint density at radius 2 is 2.23 bits per heavy atom. The van der Waals surface area contributed by atoms with Gasteiger partial charge in [-0.05, 0) is 5.56 Å². The summed E-state index contributed by atoms with van der Waals surface area (Å²) >= 11 is 5.71. The number of halogens is 1. The number of rotatable bonds is 1. The second-order valence-electron chi connectivity index (χ2n) is 3.12. The number of alkyl halides is 1. The molecule has 70 valence electrons. The molecule has 13 heavy (non-hydrogen) atoms. The van der Waals surface area contributed by atoms with E-state index in [0.29, 0.717) is 6.61 Å². The van der Waals surface area contributed by atoms with E-state index in [9.17, 15) is 4.57 Å². The van der Waals surface area contributed by atoms with Crippen molar-refractivity contribution in [2.45, 2.75) is 6.61 Å². The Kier molecular flexibility index (Phi) is 2.46. The van der Waals surface area contributed by atoms with E-state index in [0.717, 1.165) is 10.9 Å². The second-order valence-corrected chi connectivity index (χ2v) is 6.59. The highest BCUT2D eigenvalue weighted by atomic mass is 35.5. The second kappa shape index (κ2) is 3.45. The highest BCUT2D eigenvalue weighted by Gasteiger charge is 2.29. The summed E-state index contributed by atoms with van der Waals surface area (Å²) in [7, 11) is -2.44. The molecule has 2 nitrogen and oxygen atoms in total. The molecule has 0 saturated heterocycles. The lowest BCUT2D eigenvalue weighted by atomic mass is 10.2. The van der Waals surface area contributed by atoms with Gasteiger partial charge in [0.25, 0.3) is 0 Å². The fourth-order valence-electron chi connectivity index (χ4n) is 1.50. The summed E-state index contributed by atoms with van der Waals surface area (Å²) in [6.07, 6.45) is 0.285. The van der Waals surface area contributed by atoms with Crippen molar-refractivity contribution in [2.24, 2.45) is 0 Å². The summed E-state index contributed by atoms with van der Waals surface area (Å²) in [5.74, 6) is 0. The van der Waals surface area contributed by atoms with Crippen molar-refractivity contribution in [1.82, 2.24) is 0 Å². The quantitative estimate of drug-likeness (QED) is 0.532. The lowest BCUT2D eigenvalue weighted by Gasteiger charge is -2.24. The van der Waals surface area contributed by atoms with E-state index in [1.807, 2.05) is 24.3 Å². The van der Waals surface area contributed by atoms with Gasteiger partial charge in [-0.1, -0.05) is 24.3 Å². The van der Waals surface area contributed by atoms with Gasteiger partial charge in [0.15, 0.2) is 7.14 Å². The average molecular weight is 217 g/mol. The first-order valence-electron chi connectivity index (χ1n) is 4.06. The van der Waals surface area contributed by atoms with Crippen LogP contribution in [0.2, 0.25) is 0 Å². The molecule has 2 rings (SSSR count). The fraction of sp³-hybridized carbons (Fsp3) is 0.333. The van der Waals surface area contributed by atoms with Gasteiger partial charge in [-0.2, -0.15) is 0 Å². The first-order valence-corrected chi connectivity index (χ1v) is 6.68. The zero-order chi connectivity index (χ0) is 9.31. The van der Waals surface area contributed by atoms with E-state index in [-0.39, 0.29) is 12.0 Å². The number of hydrogen-bond donors (Lipinski definition) is 0. The average Bonchev–Trinajstić information content (AvgIpc) is 2.19. The number of ether oxygens (including phenoxy) is 1. The summed E-state index contributed by atoms with van der Waals surface area (Å²) in [4.78, 5) is 0. The van der Waals surface area contributed by atoms with Gasteiger partial charge in [0.1, 0.15) is 6.35 Å². The summed E-state index contributed by atoms with van der Waals surface area (Å²) in [6.45, 7) is 0.553. The van der Waals surface area contributed by atoms with Gasteiger partial charge in [0, 0.05) is 5.30 Å². The largest absolute Gasteiger partial charge is 0.369 e. The molecule has 0 saturated carbocycles.